The first-order chi connectivity index (χ1) is 10.0. The number of hydrogen-bond donors (Lipinski definition) is 1. The zero-order chi connectivity index (χ0) is 15.1. The number of likely N-dealkylation sites (tertiary alicyclic amines) is 1. The first-order valence-corrected chi connectivity index (χ1v) is 7.02. The number of rotatable bonds is 1. The highest BCUT2D eigenvalue weighted by Gasteiger charge is 2.42. The monoisotopic (exact) mass is 287 g/mol. The normalized spacial score (nSPS) is 21.7. The third-order valence-electron chi connectivity index (χ3n) is 4.19. The lowest BCUT2D eigenvalue weighted by atomic mass is 10.0. The number of imide groups is 1. The van der Waals surface area contributed by atoms with Crippen LogP contribution in [-0.4, -0.2) is 46.7 Å². The van der Waals surface area contributed by atoms with E-state index in [1.54, 1.807) is 23.1 Å². The van der Waals surface area contributed by atoms with E-state index in [1.807, 2.05) is 0 Å². The Morgan fingerprint density at radius 2 is 2.05 bits per heavy atom. The van der Waals surface area contributed by atoms with Crippen LogP contribution in [0.5, 0.6) is 0 Å². The number of anilines is 1. The molecule has 1 fully saturated rings. The van der Waals surface area contributed by atoms with Crippen LogP contribution >= 0.6 is 0 Å². The number of carbonyl (C=O) groups is 3. The number of benzene rings is 1. The Bertz CT molecular complexity index is 641. The Morgan fingerprint density at radius 1 is 1.29 bits per heavy atom. The Hall–Kier alpha value is -2.37. The summed E-state index contributed by atoms with van der Waals surface area (Å²) in [5.74, 6) is -0.683. The van der Waals surface area contributed by atoms with Crippen molar-refractivity contribution in [3.05, 3.63) is 29.3 Å². The molecule has 6 nitrogen and oxygen atoms in total. The molecule has 2 aliphatic heterocycles. The molecule has 110 valence electrons. The highest BCUT2D eigenvalue weighted by atomic mass is 16.2. The lowest BCUT2D eigenvalue weighted by molar-refractivity contribution is -0.130. The zero-order valence-corrected chi connectivity index (χ0v) is 11.8. The van der Waals surface area contributed by atoms with E-state index >= 15 is 0 Å². The van der Waals surface area contributed by atoms with Crippen molar-refractivity contribution >= 4 is 23.4 Å². The summed E-state index contributed by atoms with van der Waals surface area (Å²) >= 11 is 0. The molecular weight excluding hydrogens is 270 g/mol. The van der Waals surface area contributed by atoms with Gasteiger partial charge in [-0.05, 0) is 25.0 Å². The summed E-state index contributed by atoms with van der Waals surface area (Å²) < 4.78 is 0. The fourth-order valence-corrected chi connectivity index (χ4v) is 3.11. The second-order valence-corrected chi connectivity index (χ2v) is 5.51. The number of nitrogen functional groups attached to an aromatic ring is 1. The standard InChI is InChI=1S/C15H17N3O3/c1-9(19)17-7-3-4-10(8-17)18-14(20)11-5-2-6-12(16)13(11)15(18)21/h2,5-6,10H,3-4,7-8,16H2,1H3/t10-/m0/s1. The van der Waals surface area contributed by atoms with Gasteiger partial charge < -0.3 is 10.6 Å². The minimum Gasteiger partial charge on any atom is -0.398 e. The molecule has 1 aromatic rings. The number of hydrogen-bond acceptors (Lipinski definition) is 4. The van der Waals surface area contributed by atoms with Gasteiger partial charge >= 0.3 is 0 Å². The summed E-state index contributed by atoms with van der Waals surface area (Å²) in [5.41, 5.74) is 6.81. The molecule has 0 saturated carbocycles. The van der Waals surface area contributed by atoms with E-state index in [2.05, 4.69) is 0 Å². The van der Waals surface area contributed by atoms with Crippen LogP contribution in [0.3, 0.4) is 0 Å². The van der Waals surface area contributed by atoms with Crippen molar-refractivity contribution in [1.29, 1.82) is 0 Å². The van der Waals surface area contributed by atoms with Crippen LogP contribution in [0.2, 0.25) is 0 Å². The van der Waals surface area contributed by atoms with Crippen molar-refractivity contribution in [2.24, 2.45) is 0 Å². The van der Waals surface area contributed by atoms with Gasteiger partial charge in [-0.25, -0.2) is 0 Å². The van der Waals surface area contributed by atoms with E-state index in [4.69, 9.17) is 5.73 Å². The molecule has 0 unspecified atom stereocenters. The first-order valence-electron chi connectivity index (χ1n) is 7.02. The van der Waals surface area contributed by atoms with Crippen molar-refractivity contribution in [3.63, 3.8) is 0 Å². The molecule has 1 saturated heterocycles. The van der Waals surface area contributed by atoms with Gasteiger partial charge in [0.25, 0.3) is 11.8 Å². The minimum absolute atomic E-state index is 0.0316. The maximum Gasteiger partial charge on any atom is 0.263 e. The quantitative estimate of drug-likeness (QED) is 0.614. The zero-order valence-electron chi connectivity index (χ0n) is 11.8. The van der Waals surface area contributed by atoms with E-state index < -0.39 is 0 Å². The largest absolute Gasteiger partial charge is 0.398 e. The molecule has 1 atom stereocenters. The molecule has 0 aliphatic carbocycles. The molecule has 3 amide bonds. The Labute approximate surface area is 122 Å². The molecular formula is C15H17N3O3. The Balaban J connectivity index is 1.91. The minimum atomic E-state index is -0.344. The molecule has 2 N–H and O–H groups in total. The van der Waals surface area contributed by atoms with Gasteiger partial charge in [0.1, 0.15) is 0 Å². The second-order valence-electron chi connectivity index (χ2n) is 5.51. The number of amides is 3. The topological polar surface area (TPSA) is 83.7 Å². The van der Waals surface area contributed by atoms with Crippen LogP contribution < -0.4 is 5.73 Å². The van der Waals surface area contributed by atoms with E-state index in [9.17, 15) is 14.4 Å². The van der Waals surface area contributed by atoms with Crippen molar-refractivity contribution in [1.82, 2.24) is 9.80 Å². The van der Waals surface area contributed by atoms with Crippen molar-refractivity contribution in [2.45, 2.75) is 25.8 Å². The van der Waals surface area contributed by atoms with E-state index in [0.29, 0.717) is 29.9 Å². The molecule has 6 heteroatoms. The van der Waals surface area contributed by atoms with E-state index in [-0.39, 0.29) is 23.8 Å². The molecule has 2 aliphatic rings. The average Bonchev–Trinajstić information content (AvgIpc) is 2.72. The fraction of sp³-hybridized carbons (Fsp3) is 0.400. The highest BCUT2D eigenvalue weighted by molar-refractivity contribution is 6.23. The van der Waals surface area contributed by atoms with Crippen LogP contribution in [0.1, 0.15) is 40.5 Å². The molecule has 0 aromatic heterocycles. The third kappa shape index (κ3) is 2.07. The summed E-state index contributed by atoms with van der Waals surface area (Å²) in [5, 5.41) is 0. The average molecular weight is 287 g/mol. The number of piperidine rings is 1. The van der Waals surface area contributed by atoms with Gasteiger partial charge in [0.05, 0.1) is 17.2 Å². The van der Waals surface area contributed by atoms with Gasteiger partial charge in [-0.2, -0.15) is 0 Å². The number of nitrogens with two attached hydrogens (primary N) is 1. The van der Waals surface area contributed by atoms with Crippen LogP contribution in [0.25, 0.3) is 0 Å². The summed E-state index contributed by atoms with van der Waals surface area (Å²) in [7, 11) is 0. The SMILES string of the molecule is CC(=O)N1CCC[C@H](N2C(=O)c3cccc(N)c3C2=O)C1. The lowest BCUT2D eigenvalue weighted by Crippen LogP contribution is -2.51. The van der Waals surface area contributed by atoms with E-state index in [0.717, 1.165) is 12.8 Å². The van der Waals surface area contributed by atoms with Crippen molar-refractivity contribution in [2.75, 3.05) is 18.8 Å². The maximum absolute atomic E-state index is 12.5. The van der Waals surface area contributed by atoms with Gasteiger partial charge in [-0.1, -0.05) is 6.07 Å². The molecule has 0 bridgehead atoms. The third-order valence-corrected chi connectivity index (χ3v) is 4.19. The predicted molar refractivity (Wildman–Crippen MR) is 76.6 cm³/mol. The van der Waals surface area contributed by atoms with Gasteiger partial charge in [0.2, 0.25) is 5.91 Å². The van der Waals surface area contributed by atoms with Crippen LogP contribution in [-0.2, 0) is 4.79 Å². The first kappa shape index (κ1) is 13.6. The Morgan fingerprint density at radius 3 is 2.71 bits per heavy atom. The number of fused-ring (bicyclic) bond motifs is 1. The lowest BCUT2D eigenvalue weighted by Gasteiger charge is -2.36. The van der Waals surface area contributed by atoms with Gasteiger partial charge in [0.15, 0.2) is 0 Å². The van der Waals surface area contributed by atoms with E-state index in [1.165, 1.54) is 11.8 Å². The predicted octanol–water partition coefficient (Wildman–Crippen LogP) is 0.876. The number of nitrogens with zero attached hydrogens (tertiary/aromatic N) is 2. The summed E-state index contributed by atoms with van der Waals surface area (Å²) in [4.78, 5) is 39.5. The highest BCUT2D eigenvalue weighted by Crippen LogP contribution is 2.31. The second kappa shape index (κ2) is 4.87. The number of carbonyl (C=O) groups excluding carboxylic acids is 3. The molecule has 0 radical (unpaired) electrons. The smallest absolute Gasteiger partial charge is 0.263 e. The molecule has 21 heavy (non-hydrogen) atoms. The molecule has 0 spiro atoms. The maximum atomic E-state index is 12.5. The van der Waals surface area contributed by atoms with Gasteiger partial charge in [-0.3, -0.25) is 19.3 Å². The molecule has 3 rings (SSSR count). The fourth-order valence-electron chi connectivity index (χ4n) is 3.11. The summed E-state index contributed by atoms with van der Waals surface area (Å²) in [6, 6.07) is 4.65. The van der Waals surface area contributed by atoms with Crippen molar-refractivity contribution in [3.8, 4) is 0 Å². The van der Waals surface area contributed by atoms with Crippen LogP contribution in [0, 0.1) is 0 Å². The van der Waals surface area contributed by atoms with Crippen molar-refractivity contribution < 1.29 is 14.4 Å². The molecule has 2 heterocycles. The van der Waals surface area contributed by atoms with Gasteiger partial charge in [0, 0.05) is 25.7 Å². The molecule has 1 aromatic carbocycles. The summed E-state index contributed by atoms with van der Waals surface area (Å²) in [6.07, 6.45) is 1.50. The van der Waals surface area contributed by atoms with Crippen LogP contribution in [0.4, 0.5) is 5.69 Å². The van der Waals surface area contributed by atoms with Gasteiger partial charge in [-0.15, -0.1) is 0 Å². The Kier molecular flexibility index (Phi) is 3.16. The summed E-state index contributed by atoms with van der Waals surface area (Å²) in [6.45, 7) is 2.58. The van der Waals surface area contributed by atoms with Crippen LogP contribution in [0.15, 0.2) is 18.2 Å².